The molecular formula is C23H21NO4S. The van der Waals surface area contributed by atoms with Gasteiger partial charge in [0.05, 0.1) is 7.11 Å². The lowest BCUT2D eigenvalue weighted by molar-refractivity contribution is 0.104. The van der Waals surface area contributed by atoms with Crippen LogP contribution in [0, 0.1) is 0 Å². The monoisotopic (exact) mass is 407 g/mol. The molecule has 6 heteroatoms. The lowest BCUT2D eigenvalue weighted by atomic mass is 10.1. The predicted molar refractivity (Wildman–Crippen MR) is 113 cm³/mol. The van der Waals surface area contributed by atoms with E-state index in [1.807, 2.05) is 36.4 Å². The second-order valence-electron chi connectivity index (χ2n) is 6.28. The van der Waals surface area contributed by atoms with Crippen molar-refractivity contribution in [2.75, 3.05) is 7.11 Å². The summed E-state index contributed by atoms with van der Waals surface area (Å²) in [6.45, 7) is 0.166. The zero-order chi connectivity index (χ0) is 20.7. The van der Waals surface area contributed by atoms with E-state index in [9.17, 15) is 13.2 Å². The van der Waals surface area contributed by atoms with Gasteiger partial charge in [-0.25, -0.2) is 13.1 Å². The number of rotatable bonds is 8. The minimum Gasteiger partial charge on any atom is -0.495 e. The van der Waals surface area contributed by atoms with Gasteiger partial charge in [0.1, 0.15) is 10.6 Å². The normalized spacial score (nSPS) is 11.5. The van der Waals surface area contributed by atoms with Crippen molar-refractivity contribution in [3.8, 4) is 5.75 Å². The molecule has 0 unspecified atom stereocenters. The summed E-state index contributed by atoms with van der Waals surface area (Å²) in [6.07, 6.45) is 3.01. The Morgan fingerprint density at radius 1 is 0.966 bits per heavy atom. The third-order valence-corrected chi connectivity index (χ3v) is 5.69. The molecule has 0 aliphatic carbocycles. The van der Waals surface area contributed by atoms with E-state index in [1.54, 1.807) is 42.5 Å². The molecule has 3 rings (SSSR count). The fourth-order valence-electron chi connectivity index (χ4n) is 2.73. The summed E-state index contributed by atoms with van der Waals surface area (Å²) in [5.74, 6) is 0.0742. The molecule has 148 valence electrons. The third kappa shape index (κ3) is 5.40. The topological polar surface area (TPSA) is 72.5 Å². The minimum atomic E-state index is -3.81. The van der Waals surface area contributed by atoms with E-state index in [4.69, 9.17) is 4.74 Å². The highest BCUT2D eigenvalue weighted by atomic mass is 32.2. The number of allylic oxidation sites excluding steroid dienone is 1. The van der Waals surface area contributed by atoms with Gasteiger partial charge in [-0.2, -0.15) is 0 Å². The Morgan fingerprint density at radius 3 is 2.28 bits per heavy atom. The predicted octanol–water partition coefficient (Wildman–Crippen LogP) is 4.07. The van der Waals surface area contributed by atoms with Crippen molar-refractivity contribution in [1.82, 2.24) is 4.72 Å². The van der Waals surface area contributed by atoms with E-state index < -0.39 is 10.0 Å². The van der Waals surface area contributed by atoms with Crippen LogP contribution in [0.15, 0.2) is 89.8 Å². The molecule has 0 fully saturated rings. The van der Waals surface area contributed by atoms with Gasteiger partial charge >= 0.3 is 0 Å². The van der Waals surface area contributed by atoms with Gasteiger partial charge in [0, 0.05) is 12.1 Å². The van der Waals surface area contributed by atoms with Crippen molar-refractivity contribution >= 4 is 21.9 Å². The van der Waals surface area contributed by atoms with E-state index in [2.05, 4.69) is 4.72 Å². The Bertz CT molecular complexity index is 1110. The molecule has 0 spiro atoms. The highest BCUT2D eigenvalue weighted by Gasteiger charge is 2.19. The summed E-state index contributed by atoms with van der Waals surface area (Å²) < 4.78 is 33.4. The van der Waals surface area contributed by atoms with Crippen molar-refractivity contribution in [3.63, 3.8) is 0 Å². The Morgan fingerprint density at radius 2 is 1.62 bits per heavy atom. The highest BCUT2D eigenvalue weighted by molar-refractivity contribution is 7.89. The summed E-state index contributed by atoms with van der Waals surface area (Å²) in [6, 6.07) is 22.9. The second kappa shape index (κ2) is 9.32. The molecule has 1 N–H and O–H groups in total. The number of hydrogen-bond acceptors (Lipinski definition) is 4. The average molecular weight is 407 g/mol. The minimum absolute atomic E-state index is 0.0187. The van der Waals surface area contributed by atoms with Crippen molar-refractivity contribution in [3.05, 3.63) is 102 Å². The Labute approximate surface area is 170 Å². The Kier molecular flexibility index (Phi) is 6.59. The molecule has 0 aromatic heterocycles. The van der Waals surface area contributed by atoms with Gasteiger partial charge in [-0.15, -0.1) is 0 Å². The maximum Gasteiger partial charge on any atom is 0.244 e. The first-order valence-corrected chi connectivity index (χ1v) is 10.5. The van der Waals surface area contributed by atoms with Crippen LogP contribution in [0.2, 0.25) is 0 Å². The number of benzene rings is 3. The SMILES string of the molecule is COc1ccc(/C=C/C(=O)c2ccccc2)cc1S(=O)(=O)NCc1ccccc1. The van der Waals surface area contributed by atoms with E-state index in [0.717, 1.165) is 5.56 Å². The quantitative estimate of drug-likeness (QED) is 0.451. The fraction of sp³-hybridized carbons (Fsp3) is 0.0870. The zero-order valence-electron chi connectivity index (χ0n) is 15.9. The summed E-state index contributed by atoms with van der Waals surface area (Å²) in [7, 11) is -2.39. The van der Waals surface area contributed by atoms with E-state index in [-0.39, 0.29) is 23.0 Å². The largest absolute Gasteiger partial charge is 0.495 e. The number of hydrogen-bond donors (Lipinski definition) is 1. The van der Waals surface area contributed by atoms with E-state index in [1.165, 1.54) is 19.3 Å². The summed E-state index contributed by atoms with van der Waals surface area (Å²) in [4.78, 5) is 12.3. The second-order valence-corrected chi connectivity index (χ2v) is 8.02. The molecule has 0 bridgehead atoms. The number of nitrogens with one attached hydrogen (secondary N) is 1. The average Bonchev–Trinajstić information content (AvgIpc) is 2.77. The molecule has 0 saturated heterocycles. The molecule has 0 aliphatic rings. The molecule has 3 aromatic rings. The highest BCUT2D eigenvalue weighted by Crippen LogP contribution is 2.25. The molecule has 3 aromatic carbocycles. The molecule has 0 heterocycles. The number of carbonyl (C=O) groups is 1. The van der Waals surface area contributed by atoms with Crippen molar-refractivity contribution < 1.29 is 17.9 Å². The van der Waals surface area contributed by atoms with Crippen molar-refractivity contribution in [1.29, 1.82) is 0 Å². The fourth-order valence-corrected chi connectivity index (χ4v) is 3.95. The smallest absolute Gasteiger partial charge is 0.244 e. The van der Waals surface area contributed by atoms with Gasteiger partial charge in [0.25, 0.3) is 0 Å². The van der Waals surface area contributed by atoms with Crippen LogP contribution in [0.5, 0.6) is 5.75 Å². The van der Waals surface area contributed by atoms with Gasteiger partial charge < -0.3 is 4.74 Å². The molecule has 0 atom stereocenters. The standard InChI is InChI=1S/C23H21NO4S/c1-28-22-15-13-18(12-14-21(25)20-10-6-3-7-11-20)16-23(22)29(26,27)24-17-19-8-4-2-5-9-19/h2-16,24H,17H2,1H3/b14-12+. The molecule has 0 amide bonds. The van der Waals surface area contributed by atoms with Crippen LogP contribution >= 0.6 is 0 Å². The Hall–Kier alpha value is -3.22. The van der Waals surface area contributed by atoms with Crippen LogP contribution in [0.3, 0.4) is 0 Å². The lowest BCUT2D eigenvalue weighted by Crippen LogP contribution is -2.23. The first kappa shape index (κ1) is 20.5. The van der Waals surface area contributed by atoms with Gasteiger partial charge in [-0.05, 0) is 29.3 Å². The van der Waals surface area contributed by atoms with Crippen LogP contribution in [-0.2, 0) is 16.6 Å². The van der Waals surface area contributed by atoms with Crippen LogP contribution in [0.4, 0.5) is 0 Å². The zero-order valence-corrected chi connectivity index (χ0v) is 16.7. The van der Waals surface area contributed by atoms with E-state index in [0.29, 0.717) is 11.1 Å². The van der Waals surface area contributed by atoms with Crippen LogP contribution in [-0.4, -0.2) is 21.3 Å². The van der Waals surface area contributed by atoms with Gasteiger partial charge in [-0.1, -0.05) is 72.8 Å². The summed E-state index contributed by atoms with van der Waals surface area (Å²) >= 11 is 0. The molecule has 0 radical (unpaired) electrons. The number of sulfonamides is 1. The Balaban J connectivity index is 1.82. The van der Waals surface area contributed by atoms with Crippen LogP contribution < -0.4 is 9.46 Å². The summed E-state index contributed by atoms with van der Waals surface area (Å²) in [5, 5.41) is 0. The molecule has 0 aliphatic heterocycles. The van der Waals surface area contributed by atoms with Gasteiger partial charge in [0.2, 0.25) is 10.0 Å². The van der Waals surface area contributed by atoms with Crippen molar-refractivity contribution in [2.24, 2.45) is 0 Å². The number of methoxy groups -OCH3 is 1. The van der Waals surface area contributed by atoms with Gasteiger partial charge in [-0.3, -0.25) is 4.79 Å². The maximum absolute atomic E-state index is 12.8. The molecular weight excluding hydrogens is 386 g/mol. The van der Waals surface area contributed by atoms with Crippen LogP contribution in [0.25, 0.3) is 6.08 Å². The lowest BCUT2D eigenvalue weighted by Gasteiger charge is -2.11. The first-order valence-electron chi connectivity index (χ1n) is 8.99. The number of ether oxygens (including phenoxy) is 1. The number of ketones is 1. The molecule has 29 heavy (non-hydrogen) atoms. The van der Waals surface area contributed by atoms with Crippen LogP contribution in [0.1, 0.15) is 21.5 Å². The third-order valence-electron chi connectivity index (χ3n) is 4.27. The first-order chi connectivity index (χ1) is 14.0. The molecule has 5 nitrogen and oxygen atoms in total. The van der Waals surface area contributed by atoms with Crippen molar-refractivity contribution in [2.45, 2.75) is 11.4 Å². The number of carbonyl (C=O) groups excluding carboxylic acids is 1. The van der Waals surface area contributed by atoms with E-state index >= 15 is 0 Å². The molecule has 0 saturated carbocycles. The maximum atomic E-state index is 12.8. The summed E-state index contributed by atoms with van der Waals surface area (Å²) in [5.41, 5.74) is 1.99. The van der Waals surface area contributed by atoms with Gasteiger partial charge in [0.15, 0.2) is 5.78 Å².